The summed E-state index contributed by atoms with van der Waals surface area (Å²) in [6.07, 6.45) is -0.188. The van der Waals surface area contributed by atoms with Crippen molar-refractivity contribution in [2.24, 2.45) is 0 Å². The highest BCUT2D eigenvalue weighted by molar-refractivity contribution is 7.12. The molecule has 0 bridgehead atoms. The smallest absolute Gasteiger partial charge is 0.306 e. The van der Waals surface area contributed by atoms with Crippen molar-refractivity contribution in [1.82, 2.24) is 4.90 Å². The van der Waals surface area contributed by atoms with Gasteiger partial charge in [-0.1, -0.05) is 6.07 Å². The van der Waals surface area contributed by atoms with E-state index in [0.717, 1.165) is 0 Å². The maximum absolute atomic E-state index is 13.4. The second kappa shape index (κ2) is 11.3. The number of ether oxygens (including phenoxy) is 2. The van der Waals surface area contributed by atoms with E-state index in [1.54, 1.807) is 17.5 Å². The van der Waals surface area contributed by atoms with Gasteiger partial charge in [0.1, 0.15) is 17.5 Å². The summed E-state index contributed by atoms with van der Waals surface area (Å²) in [6, 6.07) is 10.8. The molecule has 1 fully saturated rings. The molecule has 1 aromatic carbocycles. The molecule has 166 valence electrons. The van der Waals surface area contributed by atoms with Crippen LogP contribution in [-0.2, 0) is 19.1 Å². The van der Waals surface area contributed by atoms with E-state index in [-0.39, 0.29) is 24.2 Å². The quantitative estimate of drug-likeness (QED) is 0.247. The van der Waals surface area contributed by atoms with Gasteiger partial charge in [-0.25, -0.2) is 4.39 Å². The van der Waals surface area contributed by atoms with E-state index in [0.29, 0.717) is 42.4 Å². The molecule has 2 heterocycles. The van der Waals surface area contributed by atoms with Gasteiger partial charge < -0.3 is 14.4 Å². The second-order valence-electron chi connectivity index (χ2n) is 6.93. The maximum atomic E-state index is 13.4. The fourth-order valence-electron chi connectivity index (χ4n) is 3.19. The molecule has 0 N–H and O–H groups in total. The number of hydrogen-bond acceptors (Lipinski definition) is 8. The zero-order chi connectivity index (χ0) is 22.9. The first-order chi connectivity index (χ1) is 15.5. The van der Waals surface area contributed by atoms with E-state index in [4.69, 9.17) is 9.47 Å². The van der Waals surface area contributed by atoms with Gasteiger partial charge in [0.2, 0.25) is 5.78 Å². The molecule has 3 rings (SSSR count). The number of carbonyl (C=O) groups is 3. The van der Waals surface area contributed by atoms with E-state index >= 15 is 0 Å². The summed E-state index contributed by atoms with van der Waals surface area (Å²) in [4.78, 5) is 39.2. The number of nitriles is 1. The molecular weight excluding hydrogens is 435 g/mol. The molecule has 0 radical (unpaired) electrons. The highest BCUT2D eigenvalue weighted by Gasteiger charge is 2.24. The lowest BCUT2D eigenvalue weighted by Gasteiger charge is -2.32. The van der Waals surface area contributed by atoms with Crippen molar-refractivity contribution in [2.75, 3.05) is 32.9 Å². The van der Waals surface area contributed by atoms with E-state index in [1.165, 1.54) is 35.6 Å². The van der Waals surface area contributed by atoms with Gasteiger partial charge in [-0.05, 0) is 41.3 Å². The lowest BCUT2D eigenvalue weighted by atomic mass is 10.0. The van der Waals surface area contributed by atoms with E-state index < -0.39 is 24.2 Å². The Balaban J connectivity index is 1.70. The number of morpholine rings is 1. The SMILES string of the molecule is N#C/C(C(=O)COC(=O)CCC(=O)c1cccs1)=C(\c1ccc(F)cc1)N1CCOCC1. The van der Waals surface area contributed by atoms with Gasteiger partial charge in [-0.3, -0.25) is 14.4 Å². The third-order valence-electron chi connectivity index (χ3n) is 4.79. The molecule has 1 aliphatic rings. The summed E-state index contributed by atoms with van der Waals surface area (Å²) < 4.78 is 23.8. The van der Waals surface area contributed by atoms with Crippen LogP contribution in [-0.4, -0.2) is 55.3 Å². The zero-order valence-electron chi connectivity index (χ0n) is 17.2. The monoisotopic (exact) mass is 456 g/mol. The minimum atomic E-state index is -0.699. The van der Waals surface area contributed by atoms with Crippen molar-refractivity contribution in [1.29, 1.82) is 5.26 Å². The molecular formula is C23H21FN2O5S. The Bertz CT molecular complexity index is 1040. The van der Waals surface area contributed by atoms with E-state index in [9.17, 15) is 24.0 Å². The predicted octanol–water partition coefficient (Wildman–Crippen LogP) is 3.23. The second-order valence-corrected chi connectivity index (χ2v) is 7.87. The molecule has 1 aromatic heterocycles. The molecule has 1 aliphatic heterocycles. The zero-order valence-corrected chi connectivity index (χ0v) is 18.0. The molecule has 9 heteroatoms. The lowest BCUT2D eigenvalue weighted by molar-refractivity contribution is -0.146. The first kappa shape index (κ1) is 23.3. The topological polar surface area (TPSA) is 96.7 Å². The van der Waals surface area contributed by atoms with Crippen molar-refractivity contribution in [3.8, 4) is 6.07 Å². The largest absolute Gasteiger partial charge is 0.457 e. The Morgan fingerprint density at radius 1 is 1.12 bits per heavy atom. The summed E-state index contributed by atoms with van der Waals surface area (Å²) in [5, 5.41) is 11.5. The van der Waals surface area contributed by atoms with Crippen LogP contribution in [0.2, 0.25) is 0 Å². The number of hydrogen-bond donors (Lipinski definition) is 0. The fraction of sp³-hybridized carbons (Fsp3) is 0.304. The van der Waals surface area contributed by atoms with Crippen molar-refractivity contribution < 1.29 is 28.2 Å². The maximum Gasteiger partial charge on any atom is 0.306 e. The van der Waals surface area contributed by atoms with E-state index in [1.807, 2.05) is 11.0 Å². The number of nitrogens with zero attached hydrogens (tertiary/aromatic N) is 2. The van der Waals surface area contributed by atoms with Gasteiger partial charge in [0.05, 0.1) is 30.2 Å². The van der Waals surface area contributed by atoms with Crippen LogP contribution in [0, 0.1) is 17.1 Å². The first-order valence-corrected chi connectivity index (χ1v) is 10.9. The number of halogens is 1. The van der Waals surface area contributed by atoms with Gasteiger partial charge in [0.15, 0.2) is 12.4 Å². The molecule has 0 aliphatic carbocycles. The number of rotatable bonds is 9. The van der Waals surface area contributed by atoms with Gasteiger partial charge in [-0.2, -0.15) is 5.26 Å². The number of thiophene rings is 1. The van der Waals surface area contributed by atoms with Crippen molar-refractivity contribution in [2.45, 2.75) is 12.8 Å². The molecule has 32 heavy (non-hydrogen) atoms. The van der Waals surface area contributed by atoms with Gasteiger partial charge in [-0.15, -0.1) is 11.3 Å². The Labute approximate surface area is 188 Å². The highest BCUT2D eigenvalue weighted by atomic mass is 32.1. The number of esters is 1. The average molecular weight is 456 g/mol. The number of Topliss-reactive ketones (excluding diaryl/α,β-unsaturated/α-hetero) is 2. The van der Waals surface area contributed by atoms with Crippen LogP contribution >= 0.6 is 11.3 Å². The molecule has 0 atom stereocenters. The molecule has 1 saturated heterocycles. The van der Waals surface area contributed by atoms with Gasteiger partial charge in [0.25, 0.3) is 0 Å². The van der Waals surface area contributed by atoms with Crippen LogP contribution in [0.3, 0.4) is 0 Å². The summed E-state index contributed by atoms with van der Waals surface area (Å²) in [7, 11) is 0. The van der Waals surface area contributed by atoms with Crippen LogP contribution in [0.4, 0.5) is 4.39 Å². The van der Waals surface area contributed by atoms with Crippen molar-refractivity contribution >= 4 is 34.6 Å². The average Bonchev–Trinajstić information content (AvgIpc) is 3.36. The highest BCUT2D eigenvalue weighted by Crippen LogP contribution is 2.25. The summed E-state index contributed by atoms with van der Waals surface area (Å²) in [6.45, 7) is 1.13. The predicted molar refractivity (Wildman–Crippen MR) is 115 cm³/mol. The summed E-state index contributed by atoms with van der Waals surface area (Å²) in [5.41, 5.74) is 0.678. The Kier molecular flexibility index (Phi) is 8.25. The number of carbonyl (C=O) groups excluding carboxylic acids is 3. The standard InChI is InChI=1S/C23H21FN2O5S/c24-17-5-3-16(4-6-17)23(26-9-11-30-12-10-26)18(14-25)20(28)15-31-22(29)8-7-19(27)21-2-1-13-32-21/h1-6,13H,7-12,15H2/b23-18-. The first-order valence-electron chi connectivity index (χ1n) is 9.98. The molecule has 0 spiro atoms. The van der Waals surface area contributed by atoms with E-state index in [2.05, 4.69) is 0 Å². The molecule has 0 saturated carbocycles. The Hall–Kier alpha value is -3.35. The fourth-order valence-corrected chi connectivity index (χ4v) is 3.89. The molecule has 0 amide bonds. The van der Waals surface area contributed by atoms with Crippen LogP contribution < -0.4 is 0 Å². The van der Waals surface area contributed by atoms with Gasteiger partial charge in [0, 0.05) is 19.5 Å². The van der Waals surface area contributed by atoms with Crippen molar-refractivity contribution in [3.63, 3.8) is 0 Å². The van der Waals surface area contributed by atoms with Crippen LogP contribution in [0.5, 0.6) is 0 Å². The summed E-state index contributed by atoms with van der Waals surface area (Å²) in [5.74, 6) is -1.98. The normalized spacial score (nSPS) is 14.3. The number of benzene rings is 1. The summed E-state index contributed by atoms with van der Waals surface area (Å²) >= 11 is 1.29. The minimum Gasteiger partial charge on any atom is -0.457 e. The number of ketones is 2. The van der Waals surface area contributed by atoms with Crippen LogP contribution in [0.1, 0.15) is 28.1 Å². The molecule has 2 aromatic rings. The Morgan fingerprint density at radius 2 is 1.84 bits per heavy atom. The van der Waals surface area contributed by atoms with Crippen molar-refractivity contribution in [3.05, 3.63) is 63.6 Å². The van der Waals surface area contributed by atoms with Crippen LogP contribution in [0.15, 0.2) is 47.4 Å². The minimum absolute atomic E-state index is 0.0247. The Morgan fingerprint density at radius 3 is 2.47 bits per heavy atom. The third-order valence-corrected chi connectivity index (χ3v) is 5.70. The van der Waals surface area contributed by atoms with Gasteiger partial charge >= 0.3 is 5.97 Å². The van der Waals surface area contributed by atoms with Crippen LogP contribution in [0.25, 0.3) is 5.70 Å². The molecule has 0 unspecified atom stereocenters. The lowest BCUT2D eigenvalue weighted by Crippen LogP contribution is -2.36. The molecule has 7 nitrogen and oxygen atoms in total. The third kappa shape index (κ3) is 6.09.